The molecule has 0 aromatic rings. The second-order valence-corrected chi connectivity index (χ2v) is 3.06. The van der Waals surface area contributed by atoms with E-state index in [2.05, 4.69) is 4.74 Å². The molecule has 1 atom stereocenters. The Kier molecular flexibility index (Phi) is 3.78. The van der Waals surface area contributed by atoms with Crippen LogP contribution in [0.15, 0.2) is 0 Å². The van der Waals surface area contributed by atoms with Crippen molar-refractivity contribution in [1.82, 2.24) is 0 Å². The maximum absolute atomic E-state index is 10.5. The summed E-state index contributed by atoms with van der Waals surface area (Å²) in [6.07, 6.45) is -1.31. The molecule has 0 heterocycles. The maximum Gasteiger partial charge on any atom is 0.323 e. The second-order valence-electron chi connectivity index (χ2n) is 2.80. The predicted molar refractivity (Wildman–Crippen MR) is 41.1 cm³/mol. The first kappa shape index (κ1) is 10.7. The number of carbonyl (C=O) groups excluding carboxylic acids is 1. The summed E-state index contributed by atoms with van der Waals surface area (Å²) in [5.41, 5.74) is 4.46. The Hall–Kier alpha value is -0.320. The van der Waals surface area contributed by atoms with E-state index in [0.717, 1.165) is 0 Å². The van der Waals surface area contributed by atoms with Crippen LogP contribution in [0, 0.1) is 0 Å². The van der Waals surface area contributed by atoms with E-state index in [4.69, 9.17) is 22.4 Å². The molecule has 0 saturated heterocycles. The number of rotatable bonds is 3. The Morgan fingerprint density at radius 1 is 1.82 bits per heavy atom. The fourth-order valence-corrected chi connectivity index (χ4v) is 0.371. The Labute approximate surface area is 70.3 Å². The third-order valence-corrected chi connectivity index (χ3v) is 1.21. The Morgan fingerprint density at radius 2 is 2.27 bits per heavy atom. The lowest BCUT2D eigenvalue weighted by Crippen LogP contribution is -2.47. The van der Waals surface area contributed by atoms with Gasteiger partial charge in [0.25, 0.3) is 0 Å². The van der Waals surface area contributed by atoms with Crippen LogP contribution in [0.3, 0.4) is 0 Å². The molecule has 0 aliphatic carbocycles. The SMILES string of the molecule is CC(C)(N)C(O)OC(=O)CCl. The highest BCUT2D eigenvalue weighted by molar-refractivity contribution is 6.26. The number of aliphatic hydroxyl groups excluding tert-OH is 1. The maximum atomic E-state index is 10.5. The molecular formula is C6H12ClNO3. The van der Waals surface area contributed by atoms with Gasteiger partial charge in [0.05, 0.1) is 5.54 Å². The van der Waals surface area contributed by atoms with Crippen LogP contribution < -0.4 is 5.73 Å². The van der Waals surface area contributed by atoms with Gasteiger partial charge in [-0.15, -0.1) is 11.6 Å². The summed E-state index contributed by atoms with van der Waals surface area (Å²) >= 11 is 5.12. The lowest BCUT2D eigenvalue weighted by atomic mass is 10.1. The summed E-state index contributed by atoms with van der Waals surface area (Å²) in [6, 6.07) is 0. The predicted octanol–water partition coefficient (Wildman–Crippen LogP) is -0.176. The average molecular weight is 182 g/mol. The van der Waals surface area contributed by atoms with E-state index in [9.17, 15) is 4.79 Å². The number of nitrogens with two attached hydrogens (primary N) is 1. The Morgan fingerprint density at radius 3 is 2.55 bits per heavy atom. The summed E-state index contributed by atoms with van der Waals surface area (Å²) in [7, 11) is 0. The zero-order valence-electron chi connectivity index (χ0n) is 6.50. The summed E-state index contributed by atoms with van der Waals surface area (Å²) < 4.78 is 4.42. The highest BCUT2D eigenvalue weighted by Gasteiger charge is 2.25. The van der Waals surface area contributed by atoms with E-state index < -0.39 is 17.8 Å². The molecule has 66 valence electrons. The monoisotopic (exact) mass is 181 g/mol. The van der Waals surface area contributed by atoms with Gasteiger partial charge in [-0.2, -0.15) is 0 Å². The van der Waals surface area contributed by atoms with E-state index in [1.165, 1.54) is 0 Å². The van der Waals surface area contributed by atoms with Crippen LogP contribution in [0.25, 0.3) is 0 Å². The van der Waals surface area contributed by atoms with Crippen LogP contribution in [-0.4, -0.2) is 28.8 Å². The van der Waals surface area contributed by atoms with E-state index in [-0.39, 0.29) is 5.88 Å². The molecule has 0 spiro atoms. The molecule has 0 aromatic heterocycles. The van der Waals surface area contributed by atoms with Crippen molar-refractivity contribution in [1.29, 1.82) is 0 Å². The molecule has 0 fully saturated rings. The fraction of sp³-hybridized carbons (Fsp3) is 0.833. The van der Waals surface area contributed by atoms with Crippen molar-refractivity contribution < 1.29 is 14.6 Å². The molecule has 5 heteroatoms. The minimum Gasteiger partial charge on any atom is -0.433 e. The molecule has 0 aliphatic rings. The Balaban J connectivity index is 3.87. The van der Waals surface area contributed by atoms with Gasteiger partial charge in [0, 0.05) is 0 Å². The molecule has 0 rings (SSSR count). The molecule has 0 radical (unpaired) electrons. The van der Waals surface area contributed by atoms with Crippen molar-refractivity contribution >= 4 is 17.6 Å². The summed E-state index contributed by atoms with van der Waals surface area (Å²) in [5, 5.41) is 9.06. The Bertz CT molecular complexity index is 143. The van der Waals surface area contributed by atoms with Crippen LogP contribution >= 0.6 is 11.6 Å². The number of hydrogen-bond acceptors (Lipinski definition) is 4. The van der Waals surface area contributed by atoms with E-state index in [0.29, 0.717) is 0 Å². The number of halogens is 1. The number of esters is 1. The van der Waals surface area contributed by atoms with Crippen molar-refractivity contribution in [3.05, 3.63) is 0 Å². The lowest BCUT2D eigenvalue weighted by molar-refractivity contribution is -0.174. The van der Waals surface area contributed by atoms with Gasteiger partial charge < -0.3 is 15.6 Å². The van der Waals surface area contributed by atoms with Crippen LogP contribution in [0.1, 0.15) is 13.8 Å². The minimum atomic E-state index is -1.31. The molecule has 3 N–H and O–H groups in total. The number of alkyl halides is 1. The first-order valence-corrected chi connectivity index (χ1v) is 3.63. The van der Waals surface area contributed by atoms with Crippen LogP contribution in [0.4, 0.5) is 0 Å². The standard InChI is InChI=1S/C6H12ClNO3/c1-6(2,8)5(10)11-4(9)3-7/h5,10H,3,8H2,1-2H3. The van der Waals surface area contributed by atoms with Gasteiger partial charge >= 0.3 is 5.97 Å². The molecule has 11 heavy (non-hydrogen) atoms. The van der Waals surface area contributed by atoms with Gasteiger partial charge in [0.2, 0.25) is 6.29 Å². The number of carbonyl (C=O) groups is 1. The molecule has 0 aliphatic heterocycles. The number of hydrogen-bond donors (Lipinski definition) is 2. The number of ether oxygens (including phenoxy) is 1. The summed E-state index contributed by atoms with van der Waals surface area (Å²) in [6.45, 7) is 3.08. The molecule has 0 saturated carbocycles. The largest absolute Gasteiger partial charge is 0.433 e. The third-order valence-electron chi connectivity index (χ3n) is 0.989. The molecular weight excluding hydrogens is 170 g/mol. The van der Waals surface area contributed by atoms with E-state index in [1.54, 1.807) is 13.8 Å². The van der Waals surface area contributed by atoms with Crippen LogP contribution in [-0.2, 0) is 9.53 Å². The summed E-state index contributed by atoms with van der Waals surface area (Å²) in [4.78, 5) is 10.5. The average Bonchev–Trinajstić information content (AvgIpc) is 1.85. The zero-order chi connectivity index (χ0) is 9.07. The highest BCUT2D eigenvalue weighted by atomic mass is 35.5. The second kappa shape index (κ2) is 3.90. The molecule has 0 aromatic carbocycles. The van der Waals surface area contributed by atoms with Crippen LogP contribution in [0.2, 0.25) is 0 Å². The van der Waals surface area contributed by atoms with Crippen molar-refractivity contribution in [3.63, 3.8) is 0 Å². The quantitative estimate of drug-likeness (QED) is 0.360. The van der Waals surface area contributed by atoms with Crippen molar-refractivity contribution in [2.24, 2.45) is 5.73 Å². The van der Waals surface area contributed by atoms with Crippen LogP contribution in [0.5, 0.6) is 0 Å². The normalized spacial score (nSPS) is 14.3. The van der Waals surface area contributed by atoms with Gasteiger partial charge in [-0.05, 0) is 13.8 Å². The lowest BCUT2D eigenvalue weighted by Gasteiger charge is -2.24. The minimum absolute atomic E-state index is 0.285. The van der Waals surface area contributed by atoms with Gasteiger partial charge in [-0.25, -0.2) is 0 Å². The third kappa shape index (κ3) is 4.19. The van der Waals surface area contributed by atoms with Crippen molar-refractivity contribution in [2.45, 2.75) is 25.7 Å². The molecule has 4 nitrogen and oxygen atoms in total. The topological polar surface area (TPSA) is 72.6 Å². The fourth-order valence-electron chi connectivity index (χ4n) is 0.308. The van der Waals surface area contributed by atoms with Gasteiger partial charge in [0.1, 0.15) is 5.88 Å². The highest BCUT2D eigenvalue weighted by Crippen LogP contribution is 2.06. The number of aliphatic hydroxyl groups is 1. The van der Waals surface area contributed by atoms with Gasteiger partial charge in [0.15, 0.2) is 0 Å². The van der Waals surface area contributed by atoms with E-state index in [1.807, 2.05) is 0 Å². The van der Waals surface area contributed by atoms with E-state index >= 15 is 0 Å². The first-order valence-electron chi connectivity index (χ1n) is 3.10. The van der Waals surface area contributed by atoms with Gasteiger partial charge in [-0.3, -0.25) is 4.79 Å². The first-order chi connectivity index (χ1) is 4.88. The molecule has 0 amide bonds. The summed E-state index contributed by atoms with van der Waals surface area (Å²) in [5.74, 6) is -0.967. The molecule has 1 unspecified atom stereocenters. The van der Waals surface area contributed by atoms with Gasteiger partial charge in [-0.1, -0.05) is 0 Å². The zero-order valence-corrected chi connectivity index (χ0v) is 7.26. The molecule has 0 bridgehead atoms. The van der Waals surface area contributed by atoms with Crippen molar-refractivity contribution in [2.75, 3.05) is 5.88 Å². The van der Waals surface area contributed by atoms with Crippen molar-refractivity contribution in [3.8, 4) is 0 Å². The smallest absolute Gasteiger partial charge is 0.323 e.